The first kappa shape index (κ1) is 19.9. The van der Waals surface area contributed by atoms with Gasteiger partial charge in [0.1, 0.15) is 17.5 Å². The molecule has 1 atom stereocenters. The average Bonchev–Trinajstić information content (AvgIpc) is 2.44. The van der Waals surface area contributed by atoms with E-state index in [1.165, 1.54) is 23.8 Å². The number of carbonyl (C=O) groups excluding carboxylic acids is 2. The van der Waals surface area contributed by atoms with E-state index in [2.05, 4.69) is 4.98 Å². The molecule has 7 nitrogen and oxygen atoms in total. The van der Waals surface area contributed by atoms with Gasteiger partial charge >= 0.3 is 21.5 Å². The van der Waals surface area contributed by atoms with Crippen LogP contribution in [0.15, 0.2) is 18.3 Å². The Morgan fingerprint density at radius 1 is 1.38 bits per heavy atom. The zero-order valence-electron chi connectivity index (χ0n) is 12.8. The lowest BCUT2D eigenvalue weighted by Crippen LogP contribution is -2.31. The number of pyridine rings is 1. The number of rotatable bonds is 7. The van der Waals surface area contributed by atoms with Gasteiger partial charge in [-0.1, -0.05) is 6.07 Å². The third-order valence-corrected chi connectivity index (χ3v) is 3.98. The molecule has 0 fully saturated rings. The maximum atomic E-state index is 12.5. The van der Waals surface area contributed by atoms with Crippen LogP contribution in [-0.2, 0) is 30.8 Å². The monoisotopic (exact) mass is 368 g/mol. The van der Waals surface area contributed by atoms with E-state index < -0.39 is 39.0 Å². The number of Topliss-reactive ketones (excluding diaryl/α,β-unsaturated/α-hetero) is 1. The number of ether oxygens (including phenoxy) is 1. The first-order valence-electron chi connectivity index (χ1n) is 6.69. The van der Waals surface area contributed by atoms with Crippen LogP contribution in [0.25, 0.3) is 0 Å². The van der Waals surface area contributed by atoms with Crippen LogP contribution in [0.3, 0.4) is 0 Å². The minimum Gasteiger partial charge on any atom is -0.465 e. The van der Waals surface area contributed by atoms with E-state index in [1.807, 2.05) is 0 Å². The van der Waals surface area contributed by atoms with Gasteiger partial charge in [0.05, 0.1) is 6.61 Å². The molecular formula is C13H15F3N2O5S. The number of alkyl halides is 3. The molecule has 0 aromatic carbocycles. The quantitative estimate of drug-likeness (QED) is 0.580. The van der Waals surface area contributed by atoms with E-state index >= 15 is 0 Å². The van der Waals surface area contributed by atoms with Crippen LogP contribution in [0, 0.1) is 5.92 Å². The smallest absolute Gasteiger partial charge is 0.465 e. The molecule has 11 heteroatoms. The van der Waals surface area contributed by atoms with E-state index in [1.54, 1.807) is 0 Å². The normalized spacial score (nSPS) is 13.2. The van der Waals surface area contributed by atoms with Crippen molar-refractivity contribution < 1.29 is 35.9 Å². The number of nitrogens with one attached hydrogen (secondary N) is 1. The summed E-state index contributed by atoms with van der Waals surface area (Å²) in [5, 5.41) is 0. The highest BCUT2D eigenvalue weighted by Gasteiger charge is 2.46. The first-order chi connectivity index (χ1) is 11.0. The number of carbonyl (C=O) groups is 2. The Hall–Kier alpha value is -2.17. The highest BCUT2D eigenvalue weighted by Crippen LogP contribution is 2.27. The summed E-state index contributed by atoms with van der Waals surface area (Å²) >= 11 is 0. The van der Waals surface area contributed by atoms with Crippen LogP contribution in [0.1, 0.15) is 19.4 Å². The zero-order valence-corrected chi connectivity index (χ0v) is 13.6. The van der Waals surface area contributed by atoms with Gasteiger partial charge in [-0.05, 0) is 31.9 Å². The van der Waals surface area contributed by atoms with Crippen molar-refractivity contribution in [2.75, 3.05) is 11.3 Å². The predicted molar refractivity (Wildman–Crippen MR) is 77.3 cm³/mol. The van der Waals surface area contributed by atoms with E-state index in [9.17, 15) is 31.2 Å². The number of sulfonamides is 1. The molecule has 1 rings (SSSR count). The fraction of sp³-hybridized carbons (Fsp3) is 0.462. The second-order valence-electron chi connectivity index (χ2n) is 4.68. The lowest BCUT2D eigenvalue weighted by molar-refractivity contribution is -0.151. The Balaban J connectivity index is 3.14. The molecule has 1 N–H and O–H groups in total. The minimum absolute atomic E-state index is 0.0171. The number of anilines is 1. The zero-order chi connectivity index (χ0) is 18.5. The van der Waals surface area contributed by atoms with Gasteiger partial charge in [-0.3, -0.25) is 14.3 Å². The Morgan fingerprint density at radius 2 is 2.00 bits per heavy atom. The van der Waals surface area contributed by atoms with Crippen LogP contribution in [0.4, 0.5) is 19.0 Å². The van der Waals surface area contributed by atoms with Crippen molar-refractivity contribution in [3.63, 3.8) is 0 Å². The largest absolute Gasteiger partial charge is 0.516 e. The number of nitrogens with zero attached hydrogens (tertiary/aromatic N) is 1. The van der Waals surface area contributed by atoms with Gasteiger partial charge in [-0.2, -0.15) is 21.6 Å². The molecule has 0 spiro atoms. The number of aromatic nitrogens is 1. The molecule has 24 heavy (non-hydrogen) atoms. The molecule has 0 saturated carbocycles. The van der Waals surface area contributed by atoms with Crippen LogP contribution in [0.5, 0.6) is 0 Å². The molecule has 0 aliphatic rings. The van der Waals surface area contributed by atoms with Crippen LogP contribution in [-0.4, -0.2) is 37.3 Å². The standard InChI is InChI=1S/C13H15F3N2O5S/c1-3-23-12(20)10(8(2)19)7-9-5-4-6-17-11(9)18-24(21,22)13(14,15)16/h4-6,10H,3,7H2,1-2H3,(H,17,18). The SMILES string of the molecule is CCOC(=O)C(Cc1cccnc1NS(=O)(=O)C(F)(F)F)C(C)=O. The summed E-state index contributed by atoms with van der Waals surface area (Å²) in [6, 6.07) is 2.60. The third kappa shape index (κ3) is 4.91. The van der Waals surface area contributed by atoms with Crippen LogP contribution < -0.4 is 4.72 Å². The summed E-state index contributed by atoms with van der Waals surface area (Å²) < 4.78 is 65.8. The number of halogens is 3. The Kier molecular flexibility index (Phi) is 6.29. The predicted octanol–water partition coefficient (Wildman–Crippen LogP) is 1.65. The lowest BCUT2D eigenvalue weighted by atomic mass is 9.96. The summed E-state index contributed by atoms with van der Waals surface area (Å²) in [5.41, 5.74) is -5.57. The topological polar surface area (TPSA) is 102 Å². The highest BCUT2D eigenvalue weighted by atomic mass is 32.2. The molecule has 1 aromatic rings. The average molecular weight is 368 g/mol. The molecule has 134 valence electrons. The molecule has 0 aliphatic heterocycles. The van der Waals surface area contributed by atoms with Crippen molar-refractivity contribution in [3.05, 3.63) is 23.9 Å². The van der Waals surface area contributed by atoms with Gasteiger partial charge in [0.2, 0.25) is 0 Å². The molecule has 1 aromatic heterocycles. The fourth-order valence-electron chi connectivity index (χ4n) is 1.74. The van der Waals surface area contributed by atoms with Gasteiger partial charge in [-0.15, -0.1) is 0 Å². The second kappa shape index (κ2) is 7.60. The molecule has 1 unspecified atom stereocenters. The number of esters is 1. The summed E-state index contributed by atoms with van der Waals surface area (Å²) in [5.74, 6) is -3.30. The molecule has 0 amide bonds. The fourth-order valence-corrected chi connectivity index (χ4v) is 2.29. The maximum Gasteiger partial charge on any atom is 0.516 e. The van der Waals surface area contributed by atoms with Gasteiger partial charge in [-0.25, -0.2) is 4.98 Å². The van der Waals surface area contributed by atoms with Crippen molar-refractivity contribution in [1.82, 2.24) is 4.98 Å². The van der Waals surface area contributed by atoms with Gasteiger partial charge in [0.15, 0.2) is 0 Å². The van der Waals surface area contributed by atoms with E-state index in [0.29, 0.717) is 0 Å². The van der Waals surface area contributed by atoms with Crippen LogP contribution in [0.2, 0.25) is 0 Å². The molecule has 0 aliphatic carbocycles. The summed E-state index contributed by atoms with van der Waals surface area (Å²) in [6.07, 6.45) is 0.725. The van der Waals surface area contributed by atoms with Gasteiger partial charge < -0.3 is 4.74 Å². The summed E-state index contributed by atoms with van der Waals surface area (Å²) in [7, 11) is -5.67. The molecule has 0 bridgehead atoms. The first-order valence-corrected chi connectivity index (χ1v) is 8.18. The Bertz CT molecular complexity index is 719. The van der Waals surface area contributed by atoms with E-state index in [0.717, 1.165) is 13.1 Å². The molecular weight excluding hydrogens is 353 g/mol. The van der Waals surface area contributed by atoms with Gasteiger partial charge in [0.25, 0.3) is 0 Å². The van der Waals surface area contributed by atoms with Gasteiger partial charge in [0, 0.05) is 6.20 Å². The second-order valence-corrected chi connectivity index (χ2v) is 6.36. The Labute approximate surface area is 136 Å². The van der Waals surface area contributed by atoms with Crippen molar-refractivity contribution in [2.24, 2.45) is 5.92 Å². The number of hydrogen-bond acceptors (Lipinski definition) is 6. The highest BCUT2D eigenvalue weighted by molar-refractivity contribution is 7.93. The lowest BCUT2D eigenvalue weighted by Gasteiger charge is -2.16. The molecule has 0 radical (unpaired) electrons. The van der Waals surface area contributed by atoms with Crippen molar-refractivity contribution >= 4 is 27.6 Å². The Morgan fingerprint density at radius 3 is 2.50 bits per heavy atom. The summed E-state index contributed by atoms with van der Waals surface area (Å²) in [6.45, 7) is 2.67. The maximum absolute atomic E-state index is 12.5. The summed E-state index contributed by atoms with van der Waals surface area (Å²) in [4.78, 5) is 26.9. The molecule has 0 saturated heterocycles. The number of ketones is 1. The van der Waals surface area contributed by atoms with E-state index in [-0.39, 0.29) is 18.6 Å². The van der Waals surface area contributed by atoms with Crippen molar-refractivity contribution in [1.29, 1.82) is 0 Å². The number of hydrogen-bond donors (Lipinski definition) is 1. The third-order valence-electron chi connectivity index (χ3n) is 2.91. The van der Waals surface area contributed by atoms with E-state index in [4.69, 9.17) is 4.74 Å². The minimum atomic E-state index is -5.67. The van der Waals surface area contributed by atoms with Crippen molar-refractivity contribution in [2.45, 2.75) is 25.8 Å². The van der Waals surface area contributed by atoms with Crippen molar-refractivity contribution in [3.8, 4) is 0 Å². The van der Waals surface area contributed by atoms with Crippen LogP contribution >= 0.6 is 0 Å². The molecule has 1 heterocycles.